The van der Waals surface area contributed by atoms with Crippen molar-refractivity contribution in [2.45, 2.75) is 13.0 Å². The van der Waals surface area contributed by atoms with Crippen LogP contribution in [0, 0.1) is 10.1 Å². The summed E-state index contributed by atoms with van der Waals surface area (Å²) in [7, 11) is 0. The summed E-state index contributed by atoms with van der Waals surface area (Å²) >= 11 is 0. The van der Waals surface area contributed by atoms with Gasteiger partial charge in [-0.2, -0.15) is 10.2 Å². The molecule has 0 bridgehead atoms. The molecule has 0 radical (unpaired) electrons. The second-order valence-electron chi connectivity index (χ2n) is 7.73. The minimum absolute atomic E-state index is 0.0738. The van der Waals surface area contributed by atoms with Gasteiger partial charge in [-0.05, 0) is 42.8 Å². The molecular weight excluding hydrogens is 464 g/mol. The predicted octanol–water partition coefficient (Wildman–Crippen LogP) is 2.84. The molecule has 0 aliphatic rings. The fraction of sp³-hybridized carbons (Fsp3) is 0.0800. The molecule has 4 aromatic rings. The highest BCUT2D eigenvalue weighted by Crippen LogP contribution is 2.20. The number of carbonyl (C=O) groups excluding carboxylic acids is 2. The third-order valence-corrected chi connectivity index (χ3v) is 5.40. The van der Waals surface area contributed by atoms with Gasteiger partial charge in [-0.1, -0.05) is 36.4 Å². The van der Waals surface area contributed by atoms with Gasteiger partial charge in [0.15, 0.2) is 6.04 Å². The standard InChI is InChI=1S/C25H20N6O5/c1-15(16-11-13-18(14-12-16)31(35)36)27-30-25(34)22(26-23(32)17-7-3-2-4-8-17)21-19-9-5-6-10-20(19)24(33)29-28-21/h2-14,22H,1H3,(H,26,32)(H,29,33)(H,30,34). The van der Waals surface area contributed by atoms with Crippen LogP contribution in [0.15, 0.2) is 88.8 Å². The molecule has 0 spiro atoms. The van der Waals surface area contributed by atoms with Crippen LogP contribution >= 0.6 is 0 Å². The Hall–Kier alpha value is -5.19. The molecule has 0 aliphatic heterocycles. The Bertz CT molecular complexity index is 1530. The smallest absolute Gasteiger partial charge is 0.272 e. The van der Waals surface area contributed by atoms with Crippen molar-refractivity contribution in [3.8, 4) is 0 Å². The SMILES string of the molecule is CC(=NNC(=O)C(NC(=O)c1ccccc1)c1n[nH]c(=O)c2ccccc12)c1ccc([N+](=O)[O-])cc1. The van der Waals surface area contributed by atoms with E-state index in [1.807, 2.05) is 0 Å². The van der Waals surface area contributed by atoms with Gasteiger partial charge in [-0.15, -0.1) is 0 Å². The van der Waals surface area contributed by atoms with Crippen LogP contribution in [0.2, 0.25) is 0 Å². The number of hydrogen-bond donors (Lipinski definition) is 3. The van der Waals surface area contributed by atoms with E-state index < -0.39 is 28.3 Å². The monoisotopic (exact) mass is 484 g/mol. The number of carbonyl (C=O) groups is 2. The summed E-state index contributed by atoms with van der Waals surface area (Å²) < 4.78 is 0. The summed E-state index contributed by atoms with van der Waals surface area (Å²) in [5, 5.41) is 24.8. The van der Waals surface area contributed by atoms with Crippen molar-refractivity contribution >= 4 is 34.0 Å². The lowest BCUT2D eigenvalue weighted by Crippen LogP contribution is -2.40. The lowest BCUT2D eigenvalue weighted by Gasteiger charge is -2.18. The average molecular weight is 484 g/mol. The van der Waals surface area contributed by atoms with Crippen molar-refractivity contribution < 1.29 is 14.5 Å². The fourth-order valence-corrected chi connectivity index (χ4v) is 3.51. The van der Waals surface area contributed by atoms with Crippen molar-refractivity contribution in [3.63, 3.8) is 0 Å². The Morgan fingerprint density at radius 2 is 1.58 bits per heavy atom. The van der Waals surface area contributed by atoms with E-state index in [0.717, 1.165) is 0 Å². The molecule has 180 valence electrons. The van der Waals surface area contributed by atoms with E-state index in [1.165, 1.54) is 24.3 Å². The minimum Gasteiger partial charge on any atom is -0.335 e. The second-order valence-corrected chi connectivity index (χ2v) is 7.73. The van der Waals surface area contributed by atoms with Crippen molar-refractivity contribution in [3.05, 3.63) is 116 Å². The maximum absolute atomic E-state index is 13.3. The Labute approximate surface area is 204 Å². The molecule has 3 N–H and O–H groups in total. The zero-order valence-corrected chi connectivity index (χ0v) is 19.0. The highest BCUT2D eigenvalue weighted by molar-refractivity contribution is 6.01. The average Bonchev–Trinajstić information content (AvgIpc) is 2.91. The van der Waals surface area contributed by atoms with E-state index in [-0.39, 0.29) is 11.4 Å². The van der Waals surface area contributed by atoms with Crippen molar-refractivity contribution in [2.24, 2.45) is 5.10 Å². The fourth-order valence-electron chi connectivity index (χ4n) is 3.51. The van der Waals surface area contributed by atoms with Crippen LogP contribution in [0.3, 0.4) is 0 Å². The molecule has 3 aromatic carbocycles. The Balaban J connectivity index is 1.67. The number of hydrogen-bond acceptors (Lipinski definition) is 7. The molecule has 1 aromatic heterocycles. The van der Waals surface area contributed by atoms with Crippen LogP contribution in [-0.2, 0) is 4.79 Å². The maximum Gasteiger partial charge on any atom is 0.272 e. The zero-order valence-electron chi connectivity index (χ0n) is 19.0. The molecule has 1 unspecified atom stereocenters. The first kappa shape index (κ1) is 24.0. The second kappa shape index (κ2) is 10.4. The molecular formula is C25H20N6O5. The number of H-pyrrole nitrogens is 1. The molecule has 1 heterocycles. The maximum atomic E-state index is 13.3. The number of aromatic nitrogens is 2. The van der Waals surface area contributed by atoms with Gasteiger partial charge >= 0.3 is 0 Å². The van der Waals surface area contributed by atoms with Crippen molar-refractivity contribution in [1.82, 2.24) is 20.9 Å². The Morgan fingerprint density at radius 1 is 0.944 bits per heavy atom. The van der Waals surface area contributed by atoms with Crippen LogP contribution in [-0.4, -0.2) is 32.6 Å². The van der Waals surface area contributed by atoms with Crippen molar-refractivity contribution in [2.75, 3.05) is 0 Å². The number of benzene rings is 3. The Kier molecular flexibility index (Phi) is 6.91. The lowest BCUT2D eigenvalue weighted by atomic mass is 10.0. The van der Waals surface area contributed by atoms with Gasteiger partial charge < -0.3 is 5.32 Å². The molecule has 0 saturated heterocycles. The van der Waals surface area contributed by atoms with E-state index >= 15 is 0 Å². The number of nitro benzene ring substituents is 1. The molecule has 0 saturated carbocycles. The van der Waals surface area contributed by atoms with Gasteiger partial charge in [0.25, 0.3) is 23.1 Å². The summed E-state index contributed by atoms with van der Waals surface area (Å²) in [6.07, 6.45) is 0. The van der Waals surface area contributed by atoms with Crippen LogP contribution in [0.4, 0.5) is 5.69 Å². The van der Waals surface area contributed by atoms with E-state index in [1.54, 1.807) is 61.5 Å². The number of aromatic amines is 1. The quantitative estimate of drug-likeness (QED) is 0.208. The van der Waals surface area contributed by atoms with Crippen molar-refractivity contribution in [1.29, 1.82) is 0 Å². The molecule has 0 aliphatic carbocycles. The van der Waals surface area contributed by atoms with Crippen LogP contribution in [0.25, 0.3) is 10.8 Å². The van der Waals surface area contributed by atoms with Crippen LogP contribution < -0.4 is 16.3 Å². The summed E-state index contributed by atoms with van der Waals surface area (Å²) in [6, 6.07) is 19.3. The predicted molar refractivity (Wildman–Crippen MR) is 132 cm³/mol. The Morgan fingerprint density at radius 3 is 2.25 bits per heavy atom. The van der Waals surface area contributed by atoms with Gasteiger partial charge in [0, 0.05) is 23.1 Å². The van der Waals surface area contributed by atoms with Gasteiger partial charge in [0.2, 0.25) is 0 Å². The molecule has 11 heteroatoms. The molecule has 0 fully saturated rings. The van der Waals surface area contributed by atoms with E-state index in [2.05, 4.69) is 26.0 Å². The number of fused-ring (bicyclic) bond motifs is 1. The first-order valence-electron chi connectivity index (χ1n) is 10.8. The summed E-state index contributed by atoms with van der Waals surface area (Å²) in [5.74, 6) is -1.23. The highest BCUT2D eigenvalue weighted by Gasteiger charge is 2.27. The van der Waals surface area contributed by atoms with E-state index in [4.69, 9.17) is 0 Å². The van der Waals surface area contributed by atoms with Gasteiger partial charge in [-0.3, -0.25) is 24.5 Å². The lowest BCUT2D eigenvalue weighted by molar-refractivity contribution is -0.384. The van der Waals surface area contributed by atoms with Gasteiger partial charge in [0.1, 0.15) is 5.69 Å². The summed E-state index contributed by atoms with van der Waals surface area (Å²) in [5.41, 5.74) is 3.31. The number of nitrogens with one attached hydrogen (secondary N) is 3. The van der Waals surface area contributed by atoms with Crippen LogP contribution in [0.1, 0.15) is 34.6 Å². The first-order chi connectivity index (χ1) is 17.3. The number of nitro groups is 1. The zero-order chi connectivity index (χ0) is 25.7. The molecule has 36 heavy (non-hydrogen) atoms. The number of amides is 2. The van der Waals surface area contributed by atoms with Crippen LogP contribution in [0.5, 0.6) is 0 Å². The summed E-state index contributed by atoms with van der Waals surface area (Å²) in [6.45, 7) is 1.62. The molecule has 1 atom stereocenters. The van der Waals surface area contributed by atoms with Gasteiger partial charge in [-0.25, -0.2) is 10.5 Å². The summed E-state index contributed by atoms with van der Waals surface area (Å²) in [4.78, 5) is 48.8. The van der Waals surface area contributed by atoms with E-state index in [0.29, 0.717) is 27.6 Å². The first-order valence-corrected chi connectivity index (χ1v) is 10.8. The molecule has 11 nitrogen and oxygen atoms in total. The molecule has 2 amide bonds. The van der Waals surface area contributed by atoms with E-state index in [9.17, 15) is 24.5 Å². The number of non-ortho nitro benzene ring substituents is 1. The number of nitrogens with zero attached hydrogens (tertiary/aromatic N) is 3. The highest BCUT2D eigenvalue weighted by atomic mass is 16.6. The molecule has 4 rings (SSSR count). The van der Waals surface area contributed by atoms with Gasteiger partial charge in [0.05, 0.1) is 16.0 Å². The largest absolute Gasteiger partial charge is 0.335 e. The third-order valence-electron chi connectivity index (χ3n) is 5.40. The number of hydrazone groups is 1. The number of rotatable bonds is 7. The third kappa shape index (κ3) is 5.14. The topological polar surface area (TPSA) is 159 Å². The normalized spacial score (nSPS) is 12.1. The minimum atomic E-state index is -1.30.